The van der Waals surface area contributed by atoms with Gasteiger partial charge in [0.1, 0.15) is 11.6 Å². The molecule has 0 N–H and O–H groups in total. The SMILES string of the molecule is CN(c1ccccc1F)c1c(F)cc(-c2ccccc2)cc1-c1ccccc1. The van der Waals surface area contributed by atoms with Gasteiger partial charge in [-0.3, -0.25) is 0 Å². The lowest BCUT2D eigenvalue weighted by Crippen LogP contribution is -2.14. The Kier molecular flexibility index (Phi) is 4.90. The molecule has 138 valence electrons. The Bertz CT molecular complexity index is 1090. The maximum atomic E-state index is 15.4. The van der Waals surface area contributed by atoms with E-state index in [9.17, 15) is 4.39 Å². The molecule has 0 saturated carbocycles. The smallest absolute Gasteiger partial charge is 0.148 e. The summed E-state index contributed by atoms with van der Waals surface area (Å²) in [6.45, 7) is 0. The Morgan fingerprint density at radius 2 is 1.14 bits per heavy atom. The molecule has 0 bridgehead atoms. The first-order chi connectivity index (χ1) is 13.6. The van der Waals surface area contributed by atoms with Crippen LogP contribution in [-0.4, -0.2) is 7.05 Å². The maximum absolute atomic E-state index is 15.4. The van der Waals surface area contributed by atoms with Crippen LogP contribution >= 0.6 is 0 Å². The first-order valence-electron chi connectivity index (χ1n) is 9.08. The zero-order chi connectivity index (χ0) is 19.5. The van der Waals surface area contributed by atoms with Crippen LogP contribution in [0.3, 0.4) is 0 Å². The van der Waals surface area contributed by atoms with E-state index in [1.165, 1.54) is 12.1 Å². The molecule has 0 aromatic heterocycles. The number of nitrogens with zero attached hydrogens (tertiary/aromatic N) is 1. The molecule has 0 aliphatic carbocycles. The van der Waals surface area contributed by atoms with Gasteiger partial charge in [-0.05, 0) is 41.0 Å². The molecule has 4 rings (SSSR count). The third-order valence-corrected chi connectivity index (χ3v) is 4.80. The highest BCUT2D eigenvalue weighted by atomic mass is 19.1. The first kappa shape index (κ1) is 17.9. The summed E-state index contributed by atoms with van der Waals surface area (Å²) in [4.78, 5) is 1.57. The van der Waals surface area contributed by atoms with Crippen molar-refractivity contribution in [3.05, 3.63) is 109 Å². The van der Waals surface area contributed by atoms with Gasteiger partial charge >= 0.3 is 0 Å². The fourth-order valence-electron chi connectivity index (χ4n) is 3.42. The van der Waals surface area contributed by atoms with Crippen molar-refractivity contribution in [2.45, 2.75) is 0 Å². The largest absolute Gasteiger partial charge is 0.339 e. The average molecular weight is 371 g/mol. The number of para-hydroxylation sites is 1. The lowest BCUT2D eigenvalue weighted by atomic mass is 9.96. The molecule has 0 radical (unpaired) electrons. The number of anilines is 2. The summed E-state index contributed by atoms with van der Waals surface area (Å²) in [5, 5.41) is 0. The third kappa shape index (κ3) is 3.39. The molecule has 3 heteroatoms. The van der Waals surface area contributed by atoms with Crippen molar-refractivity contribution < 1.29 is 8.78 Å². The first-order valence-corrected chi connectivity index (χ1v) is 9.08. The van der Waals surface area contributed by atoms with Crippen molar-refractivity contribution >= 4 is 11.4 Å². The Morgan fingerprint density at radius 1 is 0.571 bits per heavy atom. The second-order valence-corrected chi connectivity index (χ2v) is 6.60. The van der Waals surface area contributed by atoms with Gasteiger partial charge in [-0.15, -0.1) is 0 Å². The number of hydrogen-bond donors (Lipinski definition) is 0. The van der Waals surface area contributed by atoms with Crippen molar-refractivity contribution in [3.63, 3.8) is 0 Å². The Morgan fingerprint density at radius 3 is 1.79 bits per heavy atom. The van der Waals surface area contributed by atoms with E-state index in [-0.39, 0.29) is 0 Å². The van der Waals surface area contributed by atoms with Crippen LogP contribution < -0.4 is 4.90 Å². The van der Waals surface area contributed by atoms with Crippen molar-refractivity contribution in [2.75, 3.05) is 11.9 Å². The fourth-order valence-corrected chi connectivity index (χ4v) is 3.42. The van der Waals surface area contributed by atoms with E-state index in [0.717, 1.165) is 16.7 Å². The van der Waals surface area contributed by atoms with Crippen molar-refractivity contribution in [2.24, 2.45) is 0 Å². The predicted octanol–water partition coefficient (Wildman–Crippen LogP) is 7.07. The molecule has 28 heavy (non-hydrogen) atoms. The molecule has 1 nitrogen and oxygen atoms in total. The van der Waals surface area contributed by atoms with E-state index in [2.05, 4.69) is 0 Å². The fraction of sp³-hybridized carbons (Fsp3) is 0.0400. The summed E-state index contributed by atoms with van der Waals surface area (Å²) in [6.07, 6.45) is 0. The van der Waals surface area contributed by atoms with E-state index in [1.807, 2.05) is 66.7 Å². The van der Waals surface area contributed by atoms with Gasteiger partial charge < -0.3 is 4.90 Å². The Balaban J connectivity index is 1.94. The van der Waals surface area contributed by atoms with Crippen molar-refractivity contribution in [1.82, 2.24) is 0 Å². The minimum atomic E-state index is -0.397. The number of rotatable bonds is 4. The molecule has 4 aromatic carbocycles. The molecule has 0 aliphatic heterocycles. The zero-order valence-corrected chi connectivity index (χ0v) is 15.4. The summed E-state index contributed by atoms with van der Waals surface area (Å²) in [5.41, 5.74) is 3.96. The molecule has 0 saturated heterocycles. The van der Waals surface area contributed by atoms with Gasteiger partial charge in [0.15, 0.2) is 0 Å². The van der Waals surface area contributed by atoms with Gasteiger partial charge in [-0.25, -0.2) is 8.78 Å². The molecule has 4 aromatic rings. The number of benzene rings is 4. The normalized spacial score (nSPS) is 10.7. The number of hydrogen-bond acceptors (Lipinski definition) is 1. The monoisotopic (exact) mass is 371 g/mol. The molecule has 0 heterocycles. The minimum Gasteiger partial charge on any atom is -0.339 e. The summed E-state index contributed by atoms with van der Waals surface area (Å²) in [5.74, 6) is -0.790. The minimum absolute atomic E-state index is 0.325. The van der Waals surface area contributed by atoms with Gasteiger partial charge in [-0.2, -0.15) is 0 Å². The molecular weight excluding hydrogens is 352 g/mol. The molecule has 0 atom stereocenters. The van der Waals surface area contributed by atoms with Crippen LogP contribution in [0.2, 0.25) is 0 Å². The van der Waals surface area contributed by atoms with Gasteiger partial charge in [0.05, 0.1) is 11.4 Å². The Hall–Kier alpha value is -3.46. The van der Waals surface area contributed by atoms with E-state index in [1.54, 1.807) is 30.1 Å². The van der Waals surface area contributed by atoms with Gasteiger partial charge in [-0.1, -0.05) is 72.8 Å². The summed E-state index contributed by atoms with van der Waals surface area (Å²) in [7, 11) is 1.69. The molecule has 0 unspecified atom stereocenters. The van der Waals surface area contributed by atoms with Crippen molar-refractivity contribution in [3.8, 4) is 22.3 Å². The van der Waals surface area contributed by atoms with Crippen LogP contribution in [0, 0.1) is 11.6 Å². The second kappa shape index (κ2) is 7.65. The van der Waals surface area contributed by atoms with Gasteiger partial charge in [0, 0.05) is 12.6 Å². The van der Waals surface area contributed by atoms with Crippen LogP contribution in [0.25, 0.3) is 22.3 Å². The highest BCUT2D eigenvalue weighted by Crippen LogP contribution is 2.40. The molecule has 0 aliphatic rings. The van der Waals surface area contributed by atoms with Crippen LogP contribution in [0.15, 0.2) is 97.1 Å². The van der Waals surface area contributed by atoms with Crippen LogP contribution in [0.1, 0.15) is 0 Å². The van der Waals surface area contributed by atoms with E-state index in [4.69, 9.17) is 0 Å². The lowest BCUT2D eigenvalue weighted by molar-refractivity contribution is 0.618. The van der Waals surface area contributed by atoms with E-state index < -0.39 is 11.6 Å². The second-order valence-electron chi connectivity index (χ2n) is 6.60. The lowest BCUT2D eigenvalue weighted by Gasteiger charge is -2.25. The number of halogens is 2. The summed E-state index contributed by atoms with van der Waals surface area (Å²) < 4.78 is 29.8. The summed E-state index contributed by atoms with van der Waals surface area (Å²) in [6, 6.07) is 29.1. The van der Waals surface area contributed by atoms with Crippen molar-refractivity contribution in [1.29, 1.82) is 0 Å². The molecule has 0 amide bonds. The molecule has 0 fully saturated rings. The third-order valence-electron chi connectivity index (χ3n) is 4.80. The zero-order valence-electron chi connectivity index (χ0n) is 15.4. The van der Waals surface area contributed by atoms with Gasteiger partial charge in [0.25, 0.3) is 0 Å². The molecular formula is C25H19F2N. The van der Waals surface area contributed by atoms with Crippen LogP contribution in [-0.2, 0) is 0 Å². The highest BCUT2D eigenvalue weighted by molar-refractivity contribution is 5.86. The van der Waals surface area contributed by atoms with E-state index in [0.29, 0.717) is 16.9 Å². The van der Waals surface area contributed by atoms with Gasteiger partial charge in [0.2, 0.25) is 0 Å². The quantitative estimate of drug-likeness (QED) is 0.371. The van der Waals surface area contributed by atoms with E-state index >= 15 is 4.39 Å². The van der Waals surface area contributed by atoms with Crippen LogP contribution in [0.5, 0.6) is 0 Å². The topological polar surface area (TPSA) is 3.24 Å². The predicted molar refractivity (Wildman–Crippen MR) is 112 cm³/mol. The highest BCUT2D eigenvalue weighted by Gasteiger charge is 2.20. The standard InChI is InChI=1S/C25H19F2N/c1-28(24-15-9-8-14-22(24)26)25-21(19-12-6-3-7-13-19)16-20(17-23(25)27)18-10-4-2-5-11-18/h2-17H,1H3. The Labute approximate surface area is 163 Å². The molecule has 0 spiro atoms. The summed E-state index contributed by atoms with van der Waals surface area (Å²) >= 11 is 0. The maximum Gasteiger partial charge on any atom is 0.148 e. The average Bonchev–Trinajstić information content (AvgIpc) is 2.74. The van der Waals surface area contributed by atoms with Crippen LogP contribution in [0.4, 0.5) is 20.2 Å².